The van der Waals surface area contributed by atoms with Crippen LogP contribution in [0.5, 0.6) is 0 Å². The summed E-state index contributed by atoms with van der Waals surface area (Å²) in [5.74, 6) is -1.31. The van der Waals surface area contributed by atoms with Gasteiger partial charge in [0.2, 0.25) is 5.91 Å². The van der Waals surface area contributed by atoms with E-state index in [-0.39, 0.29) is 36.0 Å². The van der Waals surface area contributed by atoms with E-state index in [2.05, 4.69) is 5.32 Å². The number of carboxylic acids is 1. The van der Waals surface area contributed by atoms with Crippen LogP contribution in [0.25, 0.3) is 0 Å². The van der Waals surface area contributed by atoms with E-state index < -0.39 is 5.97 Å². The first-order valence-electron chi connectivity index (χ1n) is 6.21. The van der Waals surface area contributed by atoms with Crippen LogP contribution in [-0.2, 0) is 11.3 Å². The van der Waals surface area contributed by atoms with Gasteiger partial charge in [0.15, 0.2) is 5.78 Å². The van der Waals surface area contributed by atoms with E-state index >= 15 is 0 Å². The summed E-state index contributed by atoms with van der Waals surface area (Å²) >= 11 is 2.48. The third kappa shape index (κ3) is 4.24. The van der Waals surface area contributed by atoms with E-state index in [0.717, 1.165) is 11.3 Å². The second kappa shape index (κ2) is 7.14. The molecule has 0 bridgehead atoms. The molecule has 2 heterocycles. The van der Waals surface area contributed by atoms with Gasteiger partial charge in [-0.1, -0.05) is 6.07 Å². The molecule has 0 aliphatic rings. The third-order valence-corrected chi connectivity index (χ3v) is 4.65. The molecule has 0 radical (unpaired) electrons. The molecule has 2 rings (SSSR count). The largest absolute Gasteiger partial charge is 0.477 e. The molecule has 5 nitrogen and oxygen atoms in total. The van der Waals surface area contributed by atoms with E-state index in [1.165, 1.54) is 11.3 Å². The molecule has 0 unspecified atom stereocenters. The van der Waals surface area contributed by atoms with Crippen molar-refractivity contribution in [3.05, 3.63) is 44.3 Å². The fourth-order valence-corrected chi connectivity index (χ4v) is 3.19. The predicted molar refractivity (Wildman–Crippen MR) is 81.0 cm³/mol. The zero-order chi connectivity index (χ0) is 15.2. The van der Waals surface area contributed by atoms with Crippen molar-refractivity contribution >= 4 is 40.3 Å². The van der Waals surface area contributed by atoms with Crippen LogP contribution in [0.1, 0.15) is 37.7 Å². The average molecular weight is 323 g/mol. The van der Waals surface area contributed by atoms with E-state index in [1.54, 1.807) is 23.6 Å². The van der Waals surface area contributed by atoms with E-state index in [9.17, 15) is 14.4 Å². The molecular weight excluding hydrogens is 310 g/mol. The highest BCUT2D eigenvalue weighted by molar-refractivity contribution is 7.12. The normalized spacial score (nSPS) is 10.3. The van der Waals surface area contributed by atoms with Crippen molar-refractivity contribution in [3.63, 3.8) is 0 Å². The standard InChI is InChI=1S/C14H13NO4S2/c16-10(11-2-1-6-20-11)3-4-12(17)15-8-9-5-7-21-13(9)14(18)19/h1-2,5-7H,3-4,8H2,(H,15,17)(H,18,19). The van der Waals surface area contributed by atoms with Gasteiger partial charge in [0.05, 0.1) is 4.88 Å². The Morgan fingerprint density at radius 3 is 2.57 bits per heavy atom. The van der Waals surface area contributed by atoms with Crippen LogP contribution in [0.4, 0.5) is 0 Å². The number of Topliss-reactive ketones (excluding diaryl/α,β-unsaturated/α-hetero) is 1. The Labute approximate surface area is 129 Å². The molecule has 0 atom stereocenters. The fraction of sp³-hybridized carbons (Fsp3) is 0.214. The third-order valence-electron chi connectivity index (χ3n) is 2.79. The van der Waals surface area contributed by atoms with Crippen molar-refractivity contribution < 1.29 is 19.5 Å². The second-order valence-corrected chi connectivity index (χ2v) is 6.12. The summed E-state index contributed by atoms with van der Waals surface area (Å²) < 4.78 is 0. The quantitative estimate of drug-likeness (QED) is 0.768. The molecule has 21 heavy (non-hydrogen) atoms. The molecule has 0 aliphatic carbocycles. The van der Waals surface area contributed by atoms with Gasteiger partial charge < -0.3 is 10.4 Å². The summed E-state index contributed by atoms with van der Waals surface area (Å²) in [6, 6.07) is 5.20. The summed E-state index contributed by atoms with van der Waals surface area (Å²) in [5.41, 5.74) is 0.574. The SMILES string of the molecule is O=C(CCC(=O)c1cccs1)NCc1ccsc1C(=O)O. The van der Waals surface area contributed by atoms with Crippen molar-refractivity contribution in [2.75, 3.05) is 0 Å². The van der Waals surface area contributed by atoms with Gasteiger partial charge in [0.25, 0.3) is 0 Å². The monoisotopic (exact) mass is 323 g/mol. The van der Waals surface area contributed by atoms with Crippen LogP contribution < -0.4 is 5.32 Å². The number of amides is 1. The maximum atomic E-state index is 11.7. The van der Waals surface area contributed by atoms with Gasteiger partial charge in [0.1, 0.15) is 4.88 Å². The molecule has 110 valence electrons. The lowest BCUT2D eigenvalue weighted by molar-refractivity contribution is -0.121. The van der Waals surface area contributed by atoms with Gasteiger partial charge in [-0.2, -0.15) is 0 Å². The Hall–Kier alpha value is -1.99. The summed E-state index contributed by atoms with van der Waals surface area (Å²) in [6.45, 7) is 0.164. The number of ketones is 1. The molecular formula is C14H13NO4S2. The number of aromatic carboxylic acids is 1. The van der Waals surface area contributed by atoms with Crippen molar-refractivity contribution in [1.82, 2.24) is 5.32 Å². The Bertz CT molecular complexity index is 646. The van der Waals surface area contributed by atoms with Crippen molar-refractivity contribution in [2.45, 2.75) is 19.4 Å². The van der Waals surface area contributed by atoms with Crippen LogP contribution in [0.15, 0.2) is 29.0 Å². The lowest BCUT2D eigenvalue weighted by atomic mass is 10.2. The first-order chi connectivity index (χ1) is 10.1. The lowest BCUT2D eigenvalue weighted by Gasteiger charge is -2.04. The first kappa shape index (κ1) is 15.4. The lowest BCUT2D eigenvalue weighted by Crippen LogP contribution is -2.23. The number of rotatable bonds is 7. The average Bonchev–Trinajstić information content (AvgIpc) is 3.12. The number of hydrogen-bond acceptors (Lipinski definition) is 5. The molecule has 7 heteroatoms. The summed E-state index contributed by atoms with van der Waals surface area (Å²) in [6.07, 6.45) is 0.255. The van der Waals surface area contributed by atoms with E-state index in [0.29, 0.717) is 10.4 Å². The van der Waals surface area contributed by atoms with Gasteiger partial charge in [-0.25, -0.2) is 4.79 Å². The summed E-state index contributed by atoms with van der Waals surface area (Å²) in [4.78, 5) is 35.2. The fourth-order valence-electron chi connectivity index (χ4n) is 1.73. The van der Waals surface area contributed by atoms with Crippen LogP contribution >= 0.6 is 22.7 Å². The Morgan fingerprint density at radius 1 is 1.10 bits per heavy atom. The minimum Gasteiger partial charge on any atom is -0.477 e. The second-order valence-electron chi connectivity index (χ2n) is 4.26. The van der Waals surface area contributed by atoms with E-state index in [1.807, 2.05) is 5.38 Å². The van der Waals surface area contributed by atoms with Gasteiger partial charge >= 0.3 is 5.97 Å². The van der Waals surface area contributed by atoms with Crippen molar-refractivity contribution in [1.29, 1.82) is 0 Å². The smallest absolute Gasteiger partial charge is 0.346 e. The maximum Gasteiger partial charge on any atom is 0.346 e. The van der Waals surface area contributed by atoms with Gasteiger partial charge in [-0.3, -0.25) is 9.59 Å². The first-order valence-corrected chi connectivity index (χ1v) is 7.97. The number of carbonyl (C=O) groups is 3. The topological polar surface area (TPSA) is 83.5 Å². The summed E-state index contributed by atoms with van der Waals surface area (Å²) in [7, 11) is 0. The zero-order valence-electron chi connectivity index (χ0n) is 11.0. The zero-order valence-corrected chi connectivity index (χ0v) is 12.6. The molecule has 2 aromatic heterocycles. The molecule has 0 aliphatic heterocycles. The molecule has 0 spiro atoms. The van der Waals surface area contributed by atoms with E-state index in [4.69, 9.17) is 5.11 Å². The number of carbonyl (C=O) groups excluding carboxylic acids is 2. The molecule has 2 N–H and O–H groups in total. The number of hydrogen-bond donors (Lipinski definition) is 2. The molecule has 0 aromatic carbocycles. The molecule has 0 fully saturated rings. The Morgan fingerprint density at radius 2 is 1.90 bits per heavy atom. The maximum absolute atomic E-state index is 11.7. The minimum absolute atomic E-state index is 0.0538. The highest BCUT2D eigenvalue weighted by Crippen LogP contribution is 2.16. The molecule has 0 saturated heterocycles. The van der Waals surface area contributed by atoms with Crippen LogP contribution in [0.3, 0.4) is 0 Å². The highest BCUT2D eigenvalue weighted by atomic mass is 32.1. The van der Waals surface area contributed by atoms with Gasteiger partial charge in [-0.05, 0) is 28.5 Å². The van der Waals surface area contributed by atoms with Crippen LogP contribution in [0, 0.1) is 0 Å². The number of thiophene rings is 2. The van der Waals surface area contributed by atoms with Crippen LogP contribution in [0.2, 0.25) is 0 Å². The number of nitrogens with one attached hydrogen (secondary N) is 1. The molecule has 1 amide bonds. The van der Waals surface area contributed by atoms with Crippen LogP contribution in [-0.4, -0.2) is 22.8 Å². The van der Waals surface area contributed by atoms with Crippen molar-refractivity contribution in [2.24, 2.45) is 0 Å². The predicted octanol–water partition coefficient (Wildman–Crippen LogP) is 2.79. The minimum atomic E-state index is -0.998. The Balaban J connectivity index is 1.79. The molecule has 0 saturated carbocycles. The highest BCUT2D eigenvalue weighted by Gasteiger charge is 2.13. The Kier molecular flexibility index (Phi) is 5.24. The molecule has 2 aromatic rings. The number of carboxylic acid groups (broad SMARTS) is 1. The van der Waals surface area contributed by atoms with Crippen molar-refractivity contribution in [3.8, 4) is 0 Å². The summed E-state index contributed by atoms with van der Waals surface area (Å²) in [5, 5.41) is 15.1. The van der Waals surface area contributed by atoms with Gasteiger partial charge in [-0.15, -0.1) is 22.7 Å². The van der Waals surface area contributed by atoms with Gasteiger partial charge in [0, 0.05) is 19.4 Å².